The van der Waals surface area contributed by atoms with E-state index >= 15 is 0 Å². The maximum absolute atomic E-state index is 13.0. The highest BCUT2D eigenvalue weighted by atomic mass is 32.1. The molecule has 0 fully saturated rings. The number of fused-ring (bicyclic) bond motifs is 1. The Kier molecular flexibility index (Phi) is 6.66. The monoisotopic (exact) mass is 448 g/mol. The van der Waals surface area contributed by atoms with Crippen LogP contribution in [0, 0.1) is 6.92 Å². The van der Waals surface area contributed by atoms with Crippen LogP contribution in [-0.4, -0.2) is 34.9 Å². The first kappa shape index (κ1) is 21.8. The van der Waals surface area contributed by atoms with Crippen LogP contribution >= 0.6 is 11.3 Å². The number of aromatic nitrogens is 1. The largest absolute Gasteiger partial charge is 0.487 e. The lowest BCUT2D eigenvalue weighted by atomic mass is 9.94. The molecule has 2 heterocycles. The minimum atomic E-state index is -0.636. The maximum atomic E-state index is 13.0. The van der Waals surface area contributed by atoms with Crippen LogP contribution < -0.4 is 4.74 Å². The van der Waals surface area contributed by atoms with Gasteiger partial charge < -0.3 is 14.4 Å². The zero-order valence-electron chi connectivity index (χ0n) is 18.0. The molecule has 0 bridgehead atoms. The summed E-state index contributed by atoms with van der Waals surface area (Å²) in [5, 5.41) is 2.98. The molecule has 1 atom stereocenters. The number of nitrogens with zero attached hydrogens (tertiary/aromatic N) is 2. The summed E-state index contributed by atoms with van der Waals surface area (Å²) >= 11 is 1.59. The predicted molar refractivity (Wildman–Crippen MR) is 123 cm³/mol. The van der Waals surface area contributed by atoms with Gasteiger partial charge in [-0.05, 0) is 41.8 Å². The number of rotatable bonds is 6. The molecule has 0 saturated carbocycles. The van der Waals surface area contributed by atoms with Crippen molar-refractivity contribution in [1.82, 2.24) is 9.88 Å². The second-order valence-electron chi connectivity index (χ2n) is 7.53. The predicted octanol–water partition coefficient (Wildman–Crippen LogP) is 4.17. The number of aryl methyl sites for hydroxylation is 1. The molecular formula is C25H24N2O4S. The molecule has 1 amide bonds. The van der Waals surface area contributed by atoms with Gasteiger partial charge in [-0.1, -0.05) is 36.4 Å². The SMILES string of the molecule is COC(=O)C1Cc2ccccc2CN1C(=O)/C=C/c1cccc(OCc2csc(C)n2)c1. The Balaban J connectivity index is 1.46. The summed E-state index contributed by atoms with van der Waals surface area (Å²) in [6, 6.07) is 14.7. The number of benzene rings is 2. The highest BCUT2D eigenvalue weighted by Crippen LogP contribution is 2.25. The number of carbonyl (C=O) groups excluding carboxylic acids is 2. The number of methoxy groups -OCH3 is 1. The summed E-state index contributed by atoms with van der Waals surface area (Å²) in [5.74, 6) is 0.0534. The van der Waals surface area contributed by atoms with Crippen LogP contribution in [0.5, 0.6) is 5.75 Å². The maximum Gasteiger partial charge on any atom is 0.328 e. The highest BCUT2D eigenvalue weighted by molar-refractivity contribution is 7.09. The molecule has 7 heteroatoms. The van der Waals surface area contributed by atoms with Crippen LogP contribution in [0.25, 0.3) is 6.08 Å². The van der Waals surface area contributed by atoms with Gasteiger partial charge in [0.15, 0.2) is 0 Å². The fourth-order valence-corrected chi connectivity index (χ4v) is 4.30. The molecule has 4 rings (SSSR count). The van der Waals surface area contributed by atoms with Gasteiger partial charge in [0, 0.05) is 24.4 Å². The topological polar surface area (TPSA) is 68.7 Å². The minimum absolute atomic E-state index is 0.237. The number of amides is 1. The number of hydrogen-bond acceptors (Lipinski definition) is 6. The van der Waals surface area contributed by atoms with Gasteiger partial charge in [-0.3, -0.25) is 4.79 Å². The third kappa shape index (κ3) is 5.06. The van der Waals surface area contributed by atoms with Gasteiger partial charge in [0.05, 0.1) is 17.8 Å². The summed E-state index contributed by atoms with van der Waals surface area (Å²) in [5.41, 5.74) is 3.83. The van der Waals surface area contributed by atoms with Crippen molar-refractivity contribution in [3.63, 3.8) is 0 Å². The third-order valence-corrected chi connectivity index (χ3v) is 6.16. The van der Waals surface area contributed by atoms with E-state index < -0.39 is 12.0 Å². The standard InChI is InChI=1S/C25H24N2O4S/c1-17-26-21(16-32-17)15-31-22-9-5-6-18(12-22)10-11-24(28)27-14-20-8-4-3-7-19(20)13-23(27)25(29)30-2/h3-12,16,23H,13-15H2,1-2H3/b11-10+. The van der Waals surface area contributed by atoms with Gasteiger partial charge in [-0.15, -0.1) is 11.3 Å². The summed E-state index contributed by atoms with van der Waals surface area (Å²) in [7, 11) is 1.35. The van der Waals surface area contributed by atoms with Crippen LogP contribution in [0.1, 0.15) is 27.4 Å². The number of thiazole rings is 1. The van der Waals surface area contributed by atoms with Crippen LogP contribution in [0.4, 0.5) is 0 Å². The number of esters is 1. The molecule has 1 aliphatic rings. The molecule has 32 heavy (non-hydrogen) atoms. The second kappa shape index (κ2) is 9.78. The van der Waals surface area contributed by atoms with Gasteiger partial charge in [-0.25, -0.2) is 9.78 Å². The minimum Gasteiger partial charge on any atom is -0.487 e. The van der Waals surface area contributed by atoms with E-state index in [2.05, 4.69) is 4.98 Å². The van der Waals surface area contributed by atoms with Crippen LogP contribution in [-0.2, 0) is 33.9 Å². The van der Waals surface area contributed by atoms with Crippen molar-refractivity contribution < 1.29 is 19.1 Å². The summed E-state index contributed by atoms with van der Waals surface area (Å²) < 4.78 is 10.8. The molecule has 0 radical (unpaired) electrons. The molecule has 0 N–H and O–H groups in total. The van der Waals surface area contributed by atoms with E-state index in [1.807, 2.05) is 60.8 Å². The Morgan fingerprint density at radius 3 is 2.75 bits per heavy atom. The molecule has 1 aliphatic heterocycles. The molecule has 0 aliphatic carbocycles. The average molecular weight is 449 g/mol. The normalized spacial score (nSPS) is 15.4. The molecule has 1 unspecified atom stereocenters. The zero-order valence-corrected chi connectivity index (χ0v) is 18.8. The number of hydrogen-bond donors (Lipinski definition) is 0. The Hall–Kier alpha value is -3.45. The van der Waals surface area contributed by atoms with E-state index in [9.17, 15) is 9.59 Å². The summed E-state index contributed by atoms with van der Waals surface area (Å²) in [6.07, 6.45) is 3.67. The molecular weight excluding hydrogens is 424 g/mol. The van der Waals surface area contributed by atoms with Gasteiger partial charge >= 0.3 is 5.97 Å². The lowest BCUT2D eigenvalue weighted by Crippen LogP contribution is -2.48. The quantitative estimate of drug-likeness (QED) is 0.418. The molecule has 164 valence electrons. The van der Waals surface area contributed by atoms with Crippen molar-refractivity contribution in [1.29, 1.82) is 0 Å². The van der Waals surface area contributed by atoms with Crippen molar-refractivity contribution in [2.24, 2.45) is 0 Å². The summed E-state index contributed by atoms with van der Waals surface area (Å²) in [4.78, 5) is 31.3. The number of ether oxygens (including phenoxy) is 2. The first-order chi connectivity index (χ1) is 15.5. The van der Waals surface area contributed by atoms with Crippen LogP contribution in [0.15, 0.2) is 60.0 Å². The first-order valence-corrected chi connectivity index (χ1v) is 11.2. The Labute approximate surface area is 191 Å². The van der Waals surface area contributed by atoms with Gasteiger partial charge in [-0.2, -0.15) is 0 Å². The fourth-order valence-electron chi connectivity index (χ4n) is 3.70. The fraction of sp³-hybridized carbons (Fsp3) is 0.240. The molecule has 6 nitrogen and oxygen atoms in total. The van der Waals surface area contributed by atoms with Gasteiger partial charge in [0.2, 0.25) is 5.91 Å². The molecule has 3 aromatic rings. The van der Waals surface area contributed by atoms with E-state index in [1.165, 1.54) is 13.2 Å². The number of carbonyl (C=O) groups is 2. The van der Waals surface area contributed by atoms with E-state index in [0.717, 1.165) is 27.4 Å². The van der Waals surface area contributed by atoms with Crippen molar-refractivity contribution in [2.75, 3.05) is 7.11 Å². The van der Waals surface area contributed by atoms with E-state index in [-0.39, 0.29) is 5.91 Å². The third-order valence-electron chi connectivity index (χ3n) is 5.33. The Bertz CT molecular complexity index is 1150. The van der Waals surface area contributed by atoms with Crippen LogP contribution in [0.2, 0.25) is 0 Å². The summed E-state index contributed by atoms with van der Waals surface area (Å²) in [6.45, 7) is 2.72. The van der Waals surface area contributed by atoms with E-state index in [0.29, 0.717) is 25.3 Å². The van der Waals surface area contributed by atoms with Crippen molar-refractivity contribution in [3.05, 3.63) is 87.4 Å². The molecule has 0 spiro atoms. The van der Waals surface area contributed by atoms with Crippen molar-refractivity contribution >= 4 is 29.3 Å². The van der Waals surface area contributed by atoms with E-state index in [4.69, 9.17) is 9.47 Å². The second-order valence-corrected chi connectivity index (χ2v) is 8.59. The lowest BCUT2D eigenvalue weighted by Gasteiger charge is -2.34. The highest BCUT2D eigenvalue weighted by Gasteiger charge is 2.34. The average Bonchev–Trinajstić information content (AvgIpc) is 3.25. The van der Waals surface area contributed by atoms with Crippen molar-refractivity contribution in [3.8, 4) is 5.75 Å². The Morgan fingerprint density at radius 1 is 1.19 bits per heavy atom. The van der Waals surface area contributed by atoms with Gasteiger partial charge in [0.25, 0.3) is 0 Å². The van der Waals surface area contributed by atoms with E-state index in [1.54, 1.807) is 22.3 Å². The van der Waals surface area contributed by atoms with Crippen molar-refractivity contribution in [2.45, 2.75) is 32.5 Å². The zero-order chi connectivity index (χ0) is 22.5. The smallest absolute Gasteiger partial charge is 0.328 e. The van der Waals surface area contributed by atoms with Gasteiger partial charge in [0.1, 0.15) is 18.4 Å². The molecule has 2 aromatic carbocycles. The molecule has 0 saturated heterocycles. The Morgan fingerprint density at radius 2 is 2.00 bits per heavy atom. The van der Waals surface area contributed by atoms with Crippen LogP contribution in [0.3, 0.4) is 0 Å². The first-order valence-electron chi connectivity index (χ1n) is 10.3. The lowest BCUT2D eigenvalue weighted by molar-refractivity contribution is -0.152. The molecule has 1 aromatic heterocycles.